The van der Waals surface area contributed by atoms with Crippen LogP contribution in [0.15, 0.2) is 24.3 Å². The summed E-state index contributed by atoms with van der Waals surface area (Å²) in [5.74, 6) is 1.36. The minimum atomic E-state index is 0.0632. The number of benzene rings is 1. The third-order valence-corrected chi connectivity index (χ3v) is 3.38. The van der Waals surface area contributed by atoms with Gasteiger partial charge in [-0.3, -0.25) is 4.79 Å². The van der Waals surface area contributed by atoms with Crippen LogP contribution in [0.25, 0.3) is 0 Å². The lowest BCUT2D eigenvalue weighted by atomic mass is 10.00. The number of nitrogens with one attached hydrogen (secondary N) is 1. The molecular formula is C16H26N2O2. The normalized spacial score (nSPS) is 11.9. The molecule has 1 aromatic rings. The molecule has 0 fully saturated rings. The van der Waals surface area contributed by atoms with Gasteiger partial charge in [0, 0.05) is 6.54 Å². The number of carbonyl (C=O) groups is 1. The zero-order valence-corrected chi connectivity index (χ0v) is 12.5. The lowest BCUT2D eigenvalue weighted by molar-refractivity contribution is -0.120. The fourth-order valence-corrected chi connectivity index (χ4v) is 2.24. The van der Waals surface area contributed by atoms with Crippen molar-refractivity contribution >= 4 is 5.91 Å². The zero-order valence-electron chi connectivity index (χ0n) is 12.5. The highest BCUT2D eigenvalue weighted by Gasteiger charge is 2.09. The van der Waals surface area contributed by atoms with Crippen molar-refractivity contribution in [3.05, 3.63) is 29.8 Å². The topological polar surface area (TPSA) is 64.3 Å². The van der Waals surface area contributed by atoms with Gasteiger partial charge in [0.1, 0.15) is 5.75 Å². The second kappa shape index (κ2) is 9.37. The molecule has 20 heavy (non-hydrogen) atoms. The molecule has 0 saturated carbocycles. The molecule has 0 aromatic heterocycles. The lowest BCUT2D eigenvalue weighted by Gasteiger charge is -2.16. The standard InChI is InChI=1S/C16H26N2O2/c1-3-4-14(9-10-17)12-18-16(19)11-13-5-7-15(20-2)8-6-13/h5-8,14H,3-4,9-12,17H2,1-2H3,(H,18,19). The Morgan fingerprint density at radius 3 is 2.55 bits per heavy atom. The Morgan fingerprint density at radius 2 is 2.00 bits per heavy atom. The van der Waals surface area contributed by atoms with E-state index in [1.54, 1.807) is 7.11 Å². The Kier molecular flexibility index (Phi) is 7.73. The van der Waals surface area contributed by atoms with E-state index in [9.17, 15) is 4.79 Å². The largest absolute Gasteiger partial charge is 0.497 e. The van der Waals surface area contributed by atoms with Crippen molar-refractivity contribution in [2.75, 3.05) is 20.2 Å². The van der Waals surface area contributed by atoms with Crippen LogP contribution in [0.1, 0.15) is 31.7 Å². The van der Waals surface area contributed by atoms with Gasteiger partial charge in [-0.05, 0) is 43.0 Å². The SMILES string of the molecule is CCCC(CCN)CNC(=O)Cc1ccc(OC)cc1. The number of nitrogens with two attached hydrogens (primary N) is 1. The van der Waals surface area contributed by atoms with E-state index >= 15 is 0 Å². The first-order valence-electron chi connectivity index (χ1n) is 7.29. The van der Waals surface area contributed by atoms with Gasteiger partial charge in [0.25, 0.3) is 0 Å². The van der Waals surface area contributed by atoms with Gasteiger partial charge in [-0.15, -0.1) is 0 Å². The predicted octanol–water partition coefficient (Wildman–Crippen LogP) is 2.12. The van der Waals surface area contributed by atoms with Gasteiger partial charge < -0.3 is 15.8 Å². The van der Waals surface area contributed by atoms with E-state index in [-0.39, 0.29) is 5.91 Å². The fraction of sp³-hybridized carbons (Fsp3) is 0.562. The molecule has 0 heterocycles. The average Bonchev–Trinajstić information content (AvgIpc) is 2.46. The van der Waals surface area contributed by atoms with Crippen molar-refractivity contribution in [3.63, 3.8) is 0 Å². The summed E-state index contributed by atoms with van der Waals surface area (Å²) in [4.78, 5) is 11.9. The van der Waals surface area contributed by atoms with Crippen molar-refractivity contribution in [1.82, 2.24) is 5.32 Å². The first-order chi connectivity index (χ1) is 9.69. The first kappa shape index (κ1) is 16.5. The van der Waals surface area contributed by atoms with Crippen LogP contribution in [-0.2, 0) is 11.2 Å². The van der Waals surface area contributed by atoms with Crippen LogP contribution in [-0.4, -0.2) is 26.1 Å². The van der Waals surface area contributed by atoms with Crippen molar-refractivity contribution in [1.29, 1.82) is 0 Å². The smallest absolute Gasteiger partial charge is 0.224 e. The molecule has 4 heteroatoms. The number of hydrogen-bond acceptors (Lipinski definition) is 3. The molecule has 4 nitrogen and oxygen atoms in total. The first-order valence-corrected chi connectivity index (χ1v) is 7.29. The minimum absolute atomic E-state index is 0.0632. The van der Waals surface area contributed by atoms with Crippen LogP contribution >= 0.6 is 0 Å². The Morgan fingerprint density at radius 1 is 1.30 bits per heavy atom. The molecule has 0 spiro atoms. The summed E-state index contributed by atoms with van der Waals surface area (Å²) in [6, 6.07) is 7.58. The van der Waals surface area contributed by atoms with Crippen molar-refractivity contribution in [3.8, 4) is 5.75 Å². The molecule has 1 unspecified atom stereocenters. The minimum Gasteiger partial charge on any atom is -0.497 e. The number of hydrogen-bond donors (Lipinski definition) is 2. The molecular weight excluding hydrogens is 252 g/mol. The molecule has 1 rings (SSSR count). The van der Waals surface area contributed by atoms with Gasteiger partial charge in [-0.2, -0.15) is 0 Å². The summed E-state index contributed by atoms with van der Waals surface area (Å²) in [6.07, 6.45) is 3.61. The van der Waals surface area contributed by atoms with E-state index in [4.69, 9.17) is 10.5 Å². The van der Waals surface area contributed by atoms with Crippen LogP contribution in [0.4, 0.5) is 0 Å². The number of rotatable bonds is 9. The Hall–Kier alpha value is -1.55. The van der Waals surface area contributed by atoms with E-state index < -0.39 is 0 Å². The molecule has 3 N–H and O–H groups in total. The fourth-order valence-electron chi connectivity index (χ4n) is 2.24. The maximum absolute atomic E-state index is 11.9. The van der Waals surface area contributed by atoms with Gasteiger partial charge >= 0.3 is 0 Å². The maximum atomic E-state index is 11.9. The number of carbonyl (C=O) groups excluding carboxylic acids is 1. The summed E-state index contributed by atoms with van der Waals surface area (Å²) in [7, 11) is 1.63. The summed E-state index contributed by atoms with van der Waals surface area (Å²) in [6.45, 7) is 3.56. The molecule has 0 saturated heterocycles. The molecule has 1 aromatic carbocycles. The molecule has 0 aliphatic carbocycles. The summed E-state index contributed by atoms with van der Waals surface area (Å²) in [5, 5.41) is 3.00. The number of methoxy groups -OCH3 is 1. The van der Waals surface area contributed by atoms with Gasteiger partial charge in [-0.1, -0.05) is 25.5 Å². The Bertz CT molecular complexity index is 384. The highest BCUT2D eigenvalue weighted by molar-refractivity contribution is 5.78. The van der Waals surface area contributed by atoms with Gasteiger partial charge in [0.15, 0.2) is 0 Å². The average molecular weight is 278 g/mol. The molecule has 1 amide bonds. The molecule has 0 aliphatic heterocycles. The summed E-state index contributed by atoms with van der Waals surface area (Å²) >= 11 is 0. The van der Waals surface area contributed by atoms with Crippen molar-refractivity contribution in [2.45, 2.75) is 32.6 Å². The Balaban J connectivity index is 2.38. The van der Waals surface area contributed by atoms with Gasteiger partial charge in [0.05, 0.1) is 13.5 Å². The lowest BCUT2D eigenvalue weighted by Crippen LogP contribution is -2.31. The van der Waals surface area contributed by atoms with Crippen LogP contribution < -0.4 is 15.8 Å². The third-order valence-electron chi connectivity index (χ3n) is 3.38. The van der Waals surface area contributed by atoms with Gasteiger partial charge in [0.2, 0.25) is 5.91 Å². The second-order valence-corrected chi connectivity index (χ2v) is 5.06. The number of ether oxygens (including phenoxy) is 1. The van der Waals surface area contributed by atoms with Crippen LogP contribution in [0.5, 0.6) is 5.75 Å². The van der Waals surface area contributed by atoms with E-state index in [1.165, 1.54) is 0 Å². The van der Waals surface area contributed by atoms with Crippen molar-refractivity contribution in [2.24, 2.45) is 11.7 Å². The summed E-state index contributed by atoms with van der Waals surface area (Å²) in [5.41, 5.74) is 6.59. The van der Waals surface area contributed by atoms with Crippen LogP contribution in [0.2, 0.25) is 0 Å². The Labute approximate surface area is 121 Å². The van der Waals surface area contributed by atoms with Crippen molar-refractivity contribution < 1.29 is 9.53 Å². The molecule has 0 aliphatic rings. The van der Waals surface area contributed by atoms with Crippen LogP contribution in [0.3, 0.4) is 0 Å². The third kappa shape index (κ3) is 6.06. The zero-order chi connectivity index (χ0) is 14.8. The predicted molar refractivity (Wildman–Crippen MR) is 81.8 cm³/mol. The van der Waals surface area contributed by atoms with Gasteiger partial charge in [-0.25, -0.2) is 0 Å². The highest BCUT2D eigenvalue weighted by atomic mass is 16.5. The summed E-state index contributed by atoms with van der Waals surface area (Å²) < 4.78 is 5.09. The highest BCUT2D eigenvalue weighted by Crippen LogP contribution is 2.12. The van der Waals surface area contributed by atoms with E-state index in [1.807, 2.05) is 24.3 Å². The van der Waals surface area contributed by atoms with E-state index in [2.05, 4.69) is 12.2 Å². The molecule has 112 valence electrons. The number of amides is 1. The quantitative estimate of drug-likeness (QED) is 0.727. The molecule has 0 radical (unpaired) electrons. The van der Waals surface area contributed by atoms with E-state index in [0.717, 1.165) is 37.1 Å². The molecule has 0 bridgehead atoms. The van der Waals surface area contributed by atoms with E-state index in [0.29, 0.717) is 18.9 Å². The monoisotopic (exact) mass is 278 g/mol. The van der Waals surface area contributed by atoms with Crippen LogP contribution in [0, 0.1) is 5.92 Å². The maximum Gasteiger partial charge on any atom is 0.224 e. The second-order valence-electron chi connectivity index (χ2n) is 5.06. The molecule has 1 atom stereocenters.